The second-order valence-corrected chi connectivity index (χ2v) is 4.09. The normalized spacial score (nSPS) is 15.6. The first-order valence-electron chi connectivity index (χ1n) is 4.77. The largest absolute Gasteiger partial charge is 0.326 e. The predicted octanol–water partition coefficient (Wildman–Crippen LogP) is 2.86. The summed E-state index contributed by atoms with van der Waals surface area (Å²) in [7, 11) is 0. The van der Waals surface area contributed by atoms with Gasteiger partial charge in [0, 0.05) is 17.4 Å². The number of alkyl halides is 1. The maximum atomic E-state index is 11.3. The number of hydrogen-bond acceptors (Lipinski definition) is 1. The van der Waals surface area contributed by atoms with Crippen molar-refractivity contribution in [3.05, 3.63) is 29.3 Å². The Hall–Kier alpha value is -0.830. The van der Waals surface area contributed by atoms with Gasteiger partial charge in [-0.15, -0.1) is 0 Å². The zero-order valence-corrected chi connectivity index (χ0v) is 9.43. The highest BCUT2D eigenvalue weighted by Gasteiger charge is 2.12. The van der Waals surface area contributed by atoms with Crippen LogP contribution in [0, 0.1) is 0 Å². The van der Waals surface area contributed by atoms with E-state index in [4.69, 9.17) is 0 Å². The smallest absolute Gasteiger partial charge is 0.224 e. The molecule has 0 bridgehead atoms. The lowest BCUT2D eigenvalue weighted by atomic mass is 10.1. The van der Waals surface area contributed by atoms with E-state index in [0.717, 1.165) is 23.9 Å². The minimum absolute atomic E-state index is 0.135. The topological polar surface area (TPSA) is 29.1 Å². The third-order valence-electron chi connectivity index (χ3n) is 2.45. The number of aryl methyl sites for hydroxylation is 1. The van der Waals surface area contributed by atoms with E-state index in [9.17, 15) is 4.79 Å². The predicted molar refractivity (Wildman–Crippen MR) is 60.6 cm³/mol. The SMILES string of the molecule is O=C1CCCc2cc(CBr)ccc2N1. The van der Waals surface area contributed by atoms with Crippen LogP contribution in [0.2, 0.25) is 0 Å². The Bertz CT molecular complexity index is 362. The van der Waals surface area contributed by atoms with Gasteiger partial charge in [-0.05, 0) is 30.0 Å². The van der Waals surface area contributed by atoms with Crippen LogP contribution >= 0.6 is 15.9 Å². The van der Waals surface area contributed by atoms with Gasteiger partial charge >= 0.3 is 0 Å². The maximum absolute atomic E-state index is 11.3. The Labute approximate surface area is 91.8 Å². The van der Waals surface area contributed by atoms with Crippen LogP contribution in [-0.4, -0.2) is 5.91 Å². The molecule has 2 nitrogen and oxygen atoms in total. The van der Waals surface area contributed by atoms with Gasteiger partial charge in [-0.3, -0.25) is 4.79 Å². The summed E-state index contributed by atoms with van der Waals surface area (Å²) in [5, 5.41) is 3.79. The van der Waals surface area contributed by atoms with Crippen LogP contribution in [-0.2, 0) is 16.5 Å². The zero-order chi connectivity index (χ0) is 9.97. The molecule has 2 rings (SSSR count). The standard InChI is InChI=1S/C11H12BrNO/c12-7-8-4-5-10-9(6-8)2-1-3-11(14)13-10/h4-6H,1-3,7H2,(H,13,14). The van der Waals surface area contributed by atoms with E-state index in [1.165, 1.54) is 11.1 Å². The number of hydrogen-bond donors (Lipinski definition) is 1. The molecular weight excluding hydrogens is 242 g/mol. The maximum Gasteiger partial charge on any atom is 0.224 e. The first-order chi connectivity index (χ1) is 6.79. The summed E-state index contributed by atoms with van der Waals surface area (Å²) in [6.45, 7) is 0. The molecule has 1 aliphatic heterocycles. The van der Waals surface area contributed by atoms with Gasteiger partial charge < -0.3 is 5.32 Å². The van der Waals surface area contributed by atoms with Crippen molar-refractivity contribution in [3.63, 3.8) is 0 Å². The molecule has 14 heavy (non-hydrogen) atoms. The fraction of sp³-hybridized carbons (Fsp3) is 0.364. The molecule has 3 heteroatoms. The number of carbonyl (C=O) groups excluding carboxylic acids is 1. The summed E-state index contributed by atoms with van der Waals surface area (Å²) >= 11 is 3.43. The fourth-order valence-electron chi connectivity index (χ4n) is 1.71. The summed E-state index contributed by atoms with van der Waals surface area (Å²) < 4.78 is 0. The first kappa shape index (κ1) is 9.71. The van der Waals surface area contributed by atoms with Crippen molar-refractivity contribution in [1.29, 1.82) is 0 Å². The third kappa shape index (κ3) is 1.98. The minimum Gasteiger partial charge on any atom is -0.326 e. The number of rotatable bonds is 1. The molecule has 0 fully saturated rings. The van der Waals surface area contributed by atoms with Crippen molar-refractivity contribution >= 4 is 27.5 Å². The van der Waals surface area contributed by atoms with E-state index in [1.54, 1.807) is 0 Å². The molecule has 1 aliphatic rings. The molecule has 1 N–H and O–H groups in total. The van der Waals surface area contributed by atoms with E-state index in [-0.39, 0.29) is 5.91 Å². The average molecular weight is 254 g/mol. The zero-order valence-electron chi connectivity index (χ0n) is 7.85. The van der Waals surface area contributed by atoms with E-state index < -0.39 is 0 Å². The Balaban J connectivity index is 2.35. The van der Waals surface area contributed by atoms with Gasteiger partial charge in [-0.1, -0.05) is 28.1 Å². The van der Waals surface area contributed by atoms with E-state index in [0.29, 0.717) is 6.42 Å². The van der Waals surface area contributed by atoms with Crippen LogP contribution in [0.15, 0.2) is 18.2 Å². The lowest BCUT2D eigenvalue weighted by Crippen LogP contribution is -2.09. The van der Waals surface area contributed by atoms with E-state index in [2.05, 4.69) is 27.3 Å². The van der Waals surface area contributed by atoms with Crippen molar-refractivity contribution < 1.29 is 4.79 Å². The van der Waals surface area contributed by atoms with Gasteiger partial charge in [0.2, 0.25) is 5.91 Å². The molecule has 0 radical (unpaired) electrons. The van der Waals surface area contributed by atoms with Gasteiger partial charge in [0.25, 0.3) is 0 Å². The van der Waals surface area contributed by atoms with Crippen LogP contribution in [0.5, 0.6) is 0 Å². The fourth-order valence-corrected chi connectivity index (χ4v) is 2.06. The molecule has 0 spiro atoms. The molecular formula is C11H12BrNO. The molecule has 0 atom stereocenters. The molecule has 0 saturated carbocycles. The highest BCUT2D eigenvalue weighted by atomic mass is 79.9. The number of halogens is 1. The van der Waals surface area contributed by atoms with Crippen molar-refractivity contribution in [3.8, 4) is 0 Å². The lowest BCUT2D eigenvalue weighted by molar-refractivity contribution is -0.116. The summed E-state index contributed by atoms with van der Waals surface area (Å²) in [6.07, 6.45) is 2.58. The molecule has 0 aromatic heterocycles. The summed E-state index contributed by atoms with van der Waals surface area (Å²) in [4.78, 5) is 11.3. The molecule has 1 amide bonds. The molecule has 1 aromatic rings. The number of anilines is 1. The summed E-state index contributed by atoms with van der Waals surface area (Å²) in [5.41, 5.74) is 3.50. The van der Waals surface area contributed by atoms with Crippen LogP contribution in [0.1, 0.15) is 24.0 Å². The molecule has 0 saturated heterocycles. The number of amides is 1. The minimum atomic E-state index is 0.135. The first-order valence-corrected chi connectivity index (χ1v) is 5.89. The van der Waals surface area contributed by atoms with Crippen molar-refractivity contribution in [2.45, 2.75) is 24.6 Å². The summed E-state index contributed by atoms with van der Waals surface area (Å²) in [6, 6.07) is 6.20. The monoisotopic (exact) mass is 253 g/mol. The number of benzene rings is 1. The molecule has 1 heterocycles. The van der Waals surface area contributed by atoms with Crippen LogP contribution < -0.4 is 5.32 Å². The van der Waals surface area contributed by atoms with Gasteiger partial charge in [-0.25, -0.2) is 0 Å². The summed E-state index contributed by atoms with van der Waals surface area (Å²) in [5.74, 6) is 0.135. The second kappa shape index (κ2) is 4.13. The van der Waals surface area contributed by atoms with Crippen molar-refractivity contribution in [2.75, 3.05) is 5.32 Å². The van der Waals surface area contributed by atoms with Crippen molar-refractivity contribution in [2.24, 2.45) is 0 Å². The Kier molecular flexibility index (Phi) is 2.87. The Morgan fingerprint density at radius 1 is 1.36 bits per heavy atom. The quantitative estimate of drug-likeness (QED) is 0.767. The van der Waals surface area contributed by atoms with Gasteiger partial charge in [0.1, 0.15) is 0 Å². The second-order valence-electron chi connectivity index (χ2n) is 3.53. The number of nitrogens with one attached hydrogen (secondary N) is 1. The highest BCUT2D eigenvalue weighted by Crippen LogP contribution is 2.23. The van der Waals surface area contributed by atoms with Crippen LogP contribution in [0.25, 0.3) is 0 Å². The van der Waals surface area contributed by atoms with E-state index >= 15 is 0 Å². The van der Waals surface area contributed by atoms with Gasteiger partial charge in [0.15, 0.2) is 0 Å². The van der Waals surface area contributed by atoms with Crippen LogP contribution in [0.4, 0.5) is 5.69 Å². The molecule has 1 aromatic carbocycles. The van der Waals surface area contributed by atoms with Crippen LogP contribution in [0.3, 0.4) is 0 Å². The molecule has 74 valence electrons. The number of carbonyl (C=O) groups is 1. The van der Waals surface area contributed by atoms with E-state index in [1.807, 2.05) is 12.1 Å². The number of fused-ring (bicyclic) bond motifs is 1. The van der Waals surface area contributed by atoms with Gasteiger partial charge in [0.05, 0.1) is 0 Å². The Morgan fingerprint density at radius 3 is 3.00 bits per heavy atom. The Morgan fingerprint density at radius 2 is 2.21 bits per heavy atom. The third-order valence-corrected chi connectivity index (χ3v) is 3.10. The highest BCUT2D eigenvalue weighted by molar-refractivity contribution is 9.08. The van der Waals surface area contributed by atoms with Crippen molar-refractivity contribution in [1.82, 2.24) is 0 Å². The van der Waals surface area contributed by atoms with Gasteiger partial charge in [-0.2, -0.15) is 0 Å². The molecule has 0 aliphatic carbocycles. The lowest BCUT2D eigenvalue weighted by Gasteiger charge is -2.07. The molecule has 0 unspecified atom stereocenters. The average Bonchev–Trinajstić information content (AvgIpc) is 2.37.